The maximum Gasteiger partial charge on any atom is 0.153 e. The van der Waals surface area contributed by atoms with Crippen molar-refractivity contribution in [3.05, 3.63) is 24.0 Å². The van der Waals surface area contributed by atoms with Gasteiger partial charge in [-0.25, -0.2) is 4.39 Å². The first-order chi connectivity index (χ1) is 8.08. The summed E-state index contributed by atoms with van der Waals surface area (Å²) in [6.45, 7) is 1.78. The molecule has 5 heteroatoms. The van der Waals surface area contributed by atoms with Gasteiger partial charge in [-0.3, -0.25) is 4.68 Å². The molecule has 0 radical (unpaired) electrons. The van der Waals surface area contributed by atoms with Crippen molar-refractivity contribution in [3.8, 4) is 0 Å². The molecule has 0 saturated heterocycles. The second-order valence-corrected chi connectivity index (χ2v) is 4.43. The van der Waals surface area contributed by atoms with Crippen LogP contribution in [0.15, 0.2) is 18.2 Å². The van der Waals surface area contributed by atoms with Crippen LogP contribution in [0.2, 0.25) is 0 Å². The molecule has 92 valence electrons. The van der Waals surface area contributed by atoms with Crippen molar-refractivity contribution < 1.29 is 4.39 Å². The molecule has 2 rings (SSSR count). The van der Waals surface area contributed by atoms with Gasteiger partial charge in [-0.05, 0) is 45.3 Å². The molecule has 0 fully saturated rings. The molecular weight excluding hydrogens is 219 g/mol. The molecule has 17 heavy (non-hydrogen) atoms. The summed E-state index contributed by atoms with van der Waals surface area (Å²) in [5.41, 5.74) is 6.66. The number of anilines is 1. The highest BCUT2D eigenvalue weighted by molar-refractivity contribution is 5.89. The lowest BCUT2D eigenvalue weighted by Crippen LogP contribution is -2.15. The molecule has 0 amide bonds. The van der Waals surface area contributed by atoms with E-state index in [1.165, 1.54) is 12.1 Å². The standard InChI is InChI=1S/C12H17FN4/c1-16(2)6-3-7-17-11-5-4-9(13)8-10(11)12(14)15-17/h4-5,8H,3,6-7H2,1-2H3,(H2,14,15). The van der Waals surface area contributed by atoms with Gasteiger partial charge in [0.25, 0.3) is 0 Å². The number of rotatable bonds is 4. The Morgan fingerprint density at radius 1 is 1.41 bits per heavy atom. The van der Waals surface area contributed by atoms with Crippen molar-refractivity contribution in [2.45, 2.75) is 13.0 Å². The lowest BCUT2D eigenvalue weighted by molar-refractivity contribution is 0.383. The monoisotopic (exact) mass is 236 g/mol. The first kappa shape index (κ1) is 11.9. The average molecular weight is 236 g/mol. The second kappa shape index (κ2) is 4.71. The Labute approximate surface area is 99.8 Å². The fourth-order valence-electron chi connectivity index (χ4n) is 1.88. The normalized spacial score (nSPS) is 11.5. The van der Waals surface area contributed by atoms with Gasteiger partial charge in [0.15, 0.2) is 5.82 Å². The van der Waals surface area contributed by atoms with Crippen LogP contribution in [-0.2, 0) is 6.54 Å². The molecule has 0 aliphatic carbocycles. The second-order valence-electron chi connectivity index (χ2n) is 4.43. The summed E-state index contributed by atoms with van der Waals surface area (Å²) < 4.78 is 14.9. The van der Waals surface area contributed by atoms with E-state index in [1.807, 2.05) is 18.8 Å². The molecule has 0 aliphatic rings. The fraction of sp³-hybridized carbons (Fsp3) is 0.417. The van der Waals surface area contributed by atoms with Crippen molar-refractivity contribution in [1.29, 1.82) is 0 Å². The highest BCUT2D eigenvalue weighted by Gasteiger charge is 2.08. The van der Waals surface area contributed by atoms with Crippen LogP contribution in [0.25, 0.3) is 10.9 Å². The third kappa shape index (κ3) is 2.55. The molecule has 1 aromatic carbocycles. The van der Waals surface area contributed by atoms with Crippen LogP contribution in [0.1, 0.15) is 6.42 Å². The molecule has 0 aliphatic heterocycles. The first-order valence-corrected chi connectivity index (χ1v) is 5.64. The average Bonchev–Trinajstić information content (AvgIpc) is 2.55. The van der Waals surface area contributed by atoms with E-state index in [0.29, 0.717) is 11.2 Å². The predicted octanol–water partition coefficient (Wildman–Crippen LogP) is 1.71. The topological polar surface area (TPSA) is 47.1 Å². The fourth-order valence-corrected chi connectivity index (χ4v) is 1.88. The van der Waals surface area contributed by atoms with Gasteiger partial charge < -0.3 is 10.6 Å². The number of nitrogens with two attached hydrogens (primary N) is 1. The van der Waals surface area contributed by atoms with Crippen LogP contribution in [0.5, 0.6) is 0 Å². The third-order valence-electron chi connectivity index (χ3n) is 2.72. The zero-order valence-corrected chi connectivity index (χ0v) is 10.2. The van der Waals surface area contributed by atoms with E-state index in [2.05, 4.69) is 10.00 Å². The number of halogens is 1. The van der Waals surface area contributed by atoms with E-state index in [4.69, 9.17) is 5.73 Å². The molecule has 0 bridgehead atoms. The number of aryl methyl sites for hydroxylation is 1. The molecular formula is C12H17FN4. The zero-order valence-electron chi connectivity index (χ0n) is 10.2. The van der Waals surface area contributed by atoms with Gasteiger partial charge in [0.1, 0.15) is 5.82 Å². The quantitative estimate of drug-likeness (QED) is 0.879. The smallest absolute Gasteiger partial charge is 0.153 e. The van der Waals surface area contributed by atoms with E-state index in [0.717, 1.165) is 25.0 Å². The highest BCUT2D eigenvalue weighted by Crippen LogP contribution is 2.21. The summed E-state index contributed by atoms with van der Waals surface area (Å²) in [5.74, 6) is 0.112. The predicted molar refractivity (Wildman–Crippen MR) is 67.3 cm³/mol. The summed E-state index contributed by atoms with van der Waals surface area (Å²) in [7, 11) is 4.07. The number of benzene rings is 1. The summed E-state index contributed by atoms with van der Waals surface area (Å²) in [5, 5.41) is 4.93. The Balaban J connectivity index is 2.23. The molecule has 0 saturated carbocycles. The highest BCUT2D eigenvalue weighted by atomic mass is 19.1. The van der Waals surface area contributed by atoms with Crippen LogP contribution >= 0.6 is 0 Å². The lowest BCUT2D eigenvalue weighted by Gasteiger charge is -2.09. The van der Waals surface area contributed by atoms with E-state index in [1.54, 1.807) is 6.07 Å². The van der Waals surface area contributed by atoms with Gasteiger partial charge in [-0.15, -0.1) is 0 Å². The van der Waals surface area contributed by atoms with Crippen molar-refractivity contribution in [1.82, 2.24) is 14.7 Å². The van der Waals surface area contributed by atoms with Gasteiger partial charge in [-0.1, -0.05) is 0 Å². The largest absolute Gasteiger partial charge is 0.382 e. The minimum absolute atomic E-state index is 0.281. The molecule has 4 nitrogen and oxygen atoms in total. The van der Waals surface area contributed by atoms with Crippen molar-refractivity contribution in [2.75, 3.05) is 26.4 Å². The molecule has 0 unspecified atom stereocenters. The summed E-state index contributed by atoms with van der Waals surface area (Å²) in [6.07, 6.45) is 0.987. The van der Waals surface area contributed by atoms with Crippen LogP contribution in [0.3, 0.4) is 0 Å². The Morgan fingerprint density at radius 2 is 2.18 bits per heavy atom. The number of hydrogen-bond acceptors (Lipinski definition) is 3. The number of fused-ring (bicyclic) bond motifs is 1. The third-order valence-corrected chi connectivity index (χ3v) is 2.72. The van der Waals surface area contributed by atoms with E-state index >= 15 is 0 Å². The molecule has 1 aromatic heterocycles. The van der Waals surface area contributed by atoms with E-state index in [-0.39, 0.29) is 5.82 Å². The van der Waals surface area contributed by atoms with Gasteiger partial charge in [-0.2, -0.15) is 5.10 Å². The van der Waals surface area contributed by atoms with Crippen molar-refractivity contribution in [3.63, 3.8) is 0 Å². The maximum atomic E-state index is 13.1. The summed E-state index contributed by atoms with van der Waals surface area (Å²) in [6, 6.07) is 4.59. The van der Waals surface area contributed by atoms with Gasteiger partial charge >= 0.3 is 0 Å². The van der Waals surface area contributed by atoms with Gasteiger partial charge in [0.2, 0.25) is 0 Å². The van der Waals surface area contributed by atoms with Gasteiger partial charge in [0, 0.05) is 11.9 Å². The van der Waals surface area contributed by atoms with E-state index in [9.17, 15) is 4.39 Å². The SMILES string of the molecule is CN(C)CCCn1nc(N)c2cc(F)ccc21. The number of nitrogens with zero attached hydrogens (tertiary/aromatic N) is 3. The molecule has 2 aromatic rings. The number of hydrogen-bond donors (Lipinski definition) is 1. The number of aromatic nitrogens is 2. The van der Waals surface area contributed by atoms with Crippen molar-refractivity contribution in [2.24, 2.45) is 0 Å². The van der Waals surface area contributed by atoms with E-state index < -0.39 is 0 Å². The molecule has 0 spiro atoms. The molecule has 2 N–H and O–H groups in total. The number of nitrogen functional groups attached to an aromatic ring is 1. The van der Waals surface area contributed by atoms with Crippen LogP contribution in [0, 0.1) is 5.82 Å². The van der Waals surface area contributed by atoms with Gasteiger partial charge in [0.05, 0.1) is 5.52 Å². The first-order valence-electron chi connectivity index (χ1n) is 5.64. The van der Waals surface area contributed by atoms with Crippen LogP contribution in [0.4, 0.5) is 10.2 Å². The maximum absolute atomic E-state index is 13.1. The Bertz CT molecular complexity index is 518. The zero-order chi connectivity index (χ0) is 12.4. The van der Waals surface area contributed by atoms with Crippen LogP contribution < -0.4 is 5.73 Å². The summed E-state index contributed by atoms with van der Waals surface area (Å²) in [4.78, 5) is 2.12. The molecule has 1 heterocycles. The Hall–Kier alpha value is -1.62. The van der Waals surface area contributed by atoms with Crippen LogP contribution in [-0.4, -0.2) is 35.3 Å². The van der Waals surface area contributed by atoms with Crippen molar-refractivity contribution >= 4 is 16.7 Å². The summed E-state index contributed by atoms with van der Waals surface area (Å²) >= 11 is 0. The Kier molecular flexibility index (Phi) is 3.28. The lowest BCUT2D eigenvalue weighted by atomic mass is 10.2. The molecule has 0 atom stereocenters. The Morgan fingerprint density at radius 3 is 2.88 bits per heavy atom. The minimum Gasteiger partial charge on any atom is -0.382 e. The minimum atomic E-state index is -0.281.